The van der Waals surface area contributed by atoms with E-state index in [-0.39, 0.29) is 5.92 Å². The van der Waals surface area contributed by atoms with Crippen molar-refractivity contribution in [2.75, 3.05) is 45.8 Å². The van der Waals surface area contributed by atoms with Gasteiger partial charge in [-0.2, -0.15) is 13.2 Å². The van der Waals surface area contributed by atoms with Gasteiger partial charge in [-0.05, 0) is 50.8 Å². The third kappa shape index (κ3) is 7.47. The lowest BCUT2D eigenvalue weighted by atomic mass is 10.1. The van der Waals surface area contributed by atoms with Crippen molar-refractivity contribution < 1.29 is 13.2 Å². The average Bonchev–Trinajstić information content (AvgIpc) is 3.33. The van der Waals surface area contributed by atoms with Gasteiger partial charge in [-0.3, -0.25) is 14.8 Å². The summed E-state index contributed by atoms with van der Waals surface area (Å²) in [5, 5.41) is 6.73. The van der Waals surface area contributed by atoms with Crippen LogP contribution in [-0.2, 0) is 6.54 Å². The lowest BCUT2D eigenvalue weighted by molar-refractivity contribution is -0.143. The van der Waals surface area contributed by atoms with Gasteiger partial charge in [0, 0.05) is 38.8 Å². The molecule has 0 radical (unpaired) electrons. The molecule has 168 valence electrons. The molecule has 8 heteroatoms. The Labute approximate surface area is 177 Å². The molecule has 1 aromatic carbocycles. The molecule has 2 N–H and O–H groups in total. The molecule has 2 aliphatic heterocycles. The summed E-state index contributed by atoms with van der Waals surface area (Å²) >= 11 is 0. The number of guanidine groups is 1. The van der Waals surface area contributed by atoms with Crippen LogP contribution in [0.2, 0.25) is 0 Å². The van der Waals surface area contributed by atoms with Gasteiger partial charge in [0.1, 0.15) is 0 Å². The van der Waals surface area contributed by atoms with E-state index in [1.54, 1.807) is 0 Å². The molecule has 2 fully saturated rings. The summed E-state index contributed by atoms with van der Waals surface area (Å²) < 4.78 is 37.7. The number of rotatable bonds is 8. The third-order valence-electron chi connectivity index (χ3n) is 5.86. The molecular weight excluding hydrogens is 391 g/mol. The van der Waals surface area contributed by atoms with E-state index in [2.05, 4.69) is 44.8 Å². The number of likely N-dealkylation sites (tertiary alicyclic amines) is 2. The van der Waals surface area contributed by atoms with Crippen LogP contribution < -0.4 is 10.6 Å². The van der Waals surface area contributed by atoms with E-state index in [0.29, 0.717) is 25.7 Å². The summed E-state index contributed by atoms with van der Waals surface area (Å²) in [6.07, 6.45) is -0.994. The van der Waals surface area contributed by atoms with Crippen molar-refractivity contribution in [3.8, 4) is 0 Å². The molecule has 2 aliphatic rings. The number of hydrogen-bond donors (Lipinski definition) is 2. The van der Waals surface area contributed by atoms with E-state index in [9.17, 15) is 13.2 Å². The quantitative estimate of drug-likeness (QED) is 0.496. The smallest absolute Gasteiger partial charge is 0.357 e. The van der Waals surface area contributed by atoms with Crippen LogP contribution in [0.5, 0.6) is 0 Å². The highest BCUT2D eigenvalue weighted by Gasteiger charge is 2.34. The summed E-state index contributed by atoms with van der Waals surface area (Å²) in [7, 11) is 0. The first kappa shape index (κ1) is 22.9. The summed E-state index contributed by atoms with van der Waals surface area (Å²) in [5.74, 6) is 0.946. The molecule has 3 rings (SSSR count). The fraction of sp³-hybridized carbons (Fsp3) is 0.682. The molecule has 30 heavy (non-hydrogen) atoms. The van der Waals surface area contributed by atoms with E-state index in [4.69, 9.17) is 0 Å². The number of nitrogens with one attached hydrogen (secondary N) is 2. The third-order valence-corrected chi connectivity index (χ3v) is 5.86. The van der Waals surface area contributed by atoms with Crippen molar-refractivity contribution in [3.63, 3.8) is 0 Å². The minimum atomic E-state index is -4.12. The van der Waals surface area contributed by atoms with Gasteiger partial charge >= 0.3 is 6.18 Å². The van der Waals surface area contributed by atoms with E-state index in [1.165, 1.54) is 16.9 Å². The van der Waals surface area contributed by atoms with Crippen molar-refractivity contribution in [2.24, 2.45) is 10.9 Å². The van der Waals surface area contributed by atoms with E-state index >= 15 is 0 Å². The zero-order valence-corrected chi connectivity index (χ0v) is 17.8. The first-order chi connectivity index (χ1) is 14.4. The van der Waals surface area contributed by atoms with Crippen LogP contribution in [0.4, 0.5) is 13.2 Å². The Balaban J connectivity index is 1.46. The van der Waals surface area contributed by atoms with Crippen molar-refractivity contribution >= 4 is 5.96 Å². The number of aliphatic imine (C=N–C) groups is 1. The van der Waals surface area contributed by atoms with Gasteiger partial charge in [0.2, 0.25) is 0 Å². The van der Waals surface area contributed by atoms with Gasteiger partial charge in [-0.25, -0.2) is 0 Å². The summed E-state index contributed by atoms with van der Waals surface area (Å²) in [6.45, 7) is 6.38. The maximum Gasteiger partial charge on any atom is 0.401 e. The van der Waals surface area contributed by atoms with Crippen LogP contribution in [0.1, 0.15) is 31.7 Å². The zero-order valence-electron chi connectivity index (χ0n) is 17.8. The van der Waals surface area contributed by atoms with E-state index in [0.717, 1.165) is 45.0 Å². The van der Waals surface area contributed by atoms with Gasteiger partial charge in [0.15, 0.2) is 5.96 Å². The van der Waals surface area contributed by atoms with Crippen molar-refractivity contribution in [1.29, 1.82) is 0 Å². The molecule has 2 heterocycles. The normalized spacial score (nSPS) is 23.8. The first-order valence-corrected chi connectivity index (χ1v) is 11.0. The number of nitrogens with zero attached hydrogens (tertiary/aromatic N) is 3. The van der Waals surface area contributed by atoms with E-state index < -0.39 is 12.7 Å². The van der Waals surface area contributed by atoms with Crippen molar-refractivity contribution in [1.82, 2.24) is 20.4 Å². The van der Waals surface area contributed by atoms with Gasteiger partial charge in [-0.15, -0.1) is 0 Å². The second kappa shape index (κ2) is 11.0. The van der Waals surface area contributed by atoms with Crippen LogP contribution in [0.15, 0.2) is 35.3 Å². The van der Waals surface area contributed by atoms with Crippen LogP contribution in [0, 0.1) is 5.92 Å². The van der Waals surface area contributed by atoms with Crippen LogP contribution >= 0.6 is 0 Å². The minimum Gasteiger partial charge on any atom is -0.357 e. The molecule has 0 aromatic heterocycles. The zero-order chi connectivity index (χ0) is 21.4. The van der Waals surface area contributed by atoms with Crippen molar-refractivity contribution in [2.45, 2.75) is 44.9 Å². The fourth-order valence-electron chi connectivity index (χ4n) is 4.39. The highest BCUT2D eigenvalue weighted by atomic mass is 19.4. The Kier molecular flexibility index (Phi) is 8.39. The largest absolute Gasteiger partial charge is 0.401 e. The Morgan fingerprint density at radius 1 is 1.13 bits per heavy atom. The summed E-state index contributed by atoms with van der Waals surface area (Å²) in [5.41, 5.74) is 1.33. The molecule has 2 unspecified atom stereocenters. The Bertz CT molecular complexity index is 664. The Morgan fingerprint density at radius 2 is 1.93 bits per heavy atom. The number of alkyl halides is 3. The number of hydrogen-bond acceptors (Lipinski definition) is 3. The average molecular weight is 426 g/mol. The van der Waals surface area contributed by atoms with Crippen LogP contribution in [-0.4, -0.2) is 73.8 Å². The molecule has 5 nitrogen and oxygen atoms in total. The molecule has 0 aliphatic carbocycles. The molecule has 0 amide bonds. The fourth-order valence-corrected chi connectivity index (χ4v) is 4.39. The lowest BCUT2D eigenvalue weighted by Gasteiger charge is -2.25. The maximum atomic E-state index is 12.6. The molecule has 2 saturated heterocycles. The number of benzene rings is 1. The first-order valence-electron chi connectivity index (χ1n) is 11.0. The molecular formula is C22H34F3N5. The van der Waals surface area contributed by atoms with E-state index in [1.807, 2.05) is 13.0 Å². The predicted molar refractivity (Wildman–Crippen MR) is 114 cm³/mol. The second-order valence-corrected chi connectivity index (χ2v) is 8.36. The standard InChI is InChI=1S/C22H34F3N5/c1-2-26-21(27-13-19-10-12-29(15-19)17-22(23,24)25)28-14-20-9-6-11-30(20)16-18-7-4-3-5-8-18/h3-5,7-8,19-20H,2,6,9-17H2,1H3,(H2,26,27,28). The molecule has 0 bridgehead atoms. The van der Waals surface area contributed by atoms with Gasteiger partial charge < -0.3 is 10.6 Å². The Morgan fingerprint density at radius 3 is 2.67 bits per heavy atom. The van der Waals surface area contributed by atoms with Gasteiger partial charge in [-0.1, -0.05) is 30.3 Å². The summed E-state index contributed by atoms with van der Waals surface area (Å²) in [4.78, 5) is 8.66. The molecule has 0 saturated carbocycles. The highest BCUT2D eigenvalue weighted by Crippen LogP contribution is 2.23. The molecule has 0 spiro atoms. The monoisotopic (exact) mass is 425 g/mol. The summed E-state index contributed by atoms with van der Waals surface area (Å²) in [6, 6.07) is 11.0. The van der Waals surface area contributed by atoms with Gasteiger partial charge in [0.25, 0.3) is 0 Å². The van der Waals surface area contributed by atoms with Gasteiger partial charge in [0.05, 0.1) is 6.54 Å². The van der Waals surface area contributed by atoms with Crippen molar-refractivity contribution in [3.05, 3.63) is 35.9 Å². The maximum absolute atomic E-state index is 12.6. The van der Waals surface area contributed by atoms with Crippen LogP contribution in [0.25, 0.3) is 0 Å². The highest BCUT2D eigenvalue weighted by molar-refractivity contribution is 5.79. The SMILES string of the molecule is CCNC(=NCC1CCN(CC(F)(F)F)C1)NCC1CCCN1Cc1ccccc1. The predicted octanol–water partition coefficient (Wildman–Crippen LogP) is 3.09. The lowest BCUT2D eigenvalue weighted by Crippen LogP contribution is -2.45. The minimum absolute atomic E-state index is 0.184. The second-order valence-electron chi connectivity index (χ2n) is 8.36. The van der Waals surface area contributed by atoms with Crippen LogP contribution in [0.3, 0.4) is 0 Å². The molecule has 2 atom stereocenters. The molecule has 1 aromatic rings. The topological polar surface area (TPSA) is 42.9 Å². The Hall–Kier alpha value is -1.80. The number of halogens is 3.